The van der Waals surface area contributed by atoms with E-state index in [2.05, 4.69) is 22.3 Å². The molecular formula is C19H27N5O3S. The Labute approximate surface area is 165 Å². The summed E-state index contributed by atoms with van der Waals surface area (Å²) in [5.41, 5.74) is 2.07. The molecule has 8 nitrogen and oxygen atoms in total. The van der Waals surface area contributed by atoms with Crippen LogP contribution in [0.25, 0.3) is 11.4 Å². The summed E-state index contributed by atoms with van der Waals surface area (Å²) in [5, 5.41) is 12.4. The maximum atomic E-state index is 12.9. The Kier molecular flexibility index (Phi) is 6.12. The molecule has 1 aliphatic heterocycles. The Bertz CT molecular complexity index is 923. The lowest BCUT2D eigenvalue weighted by molar-refractivity contribution is -0.136. The van der Waals surface area contributed by atoms with Crippen molar-refractivity contribution in [2.75, 3.05) is 11.5 Å². The summed E-state index contributed by atoms with van der Waals surface area (Å²) in [6.45, 7) is 5.97. The number of sulfone groups is 1. The van der Waals surface area contributed by atoms with Crippen molar-refractivity contribution in [3.8, 4) is 11.4 Å². The lowest BCUT2D eigenvalue weighted by Crippen LogP contribution is -2.48. The van der Waals surface area contributed by atoms with Crippen LogP contribution in [0.4, 0.5) is 0 Å². The van der Waals surface area contributed by atoms with E-state index in [4.69, 9.17) is 0 Å². The number of hydrogen-bond donors (Lipinski definition) is 0. The summed E-state index contributed by atoms with van der Waals surface area (Å²) >= 11 is 0. The number of rotatable bonds is 7. The SMILES string of the molecule is CCc1ccc(-c2nnn(CC(=O)N([C@H]3CCS(=O)(=O)C3)[C@@H](C)CC)n2)cc1. The van der Waals surface area contributed by atoms with Gasteiger partial charge in [-0.05, 0) is 37.0 Å². The van der Waals surface area contributed by atoms with Crippen molar-refractivity contribution >= 4 is 15.7 Å². The fraction of sp³-hybridized carbons (Fsp3) is 0.579. The highest BCUT2D eigenvalue weighted by Gasteiger charge is 2.36. The molecule has 1 aliphatic rings. The molecule has 2 heterocycles. The maximum absolute atomic E-state index is 12.9. The standard InChI is InChI=1S/C19H27N5O3S/c1-4-14(3)24(17-10-11-28(26,27)13-17)18(25)12-23-21-19(20-22-23)16-8-6-15(5-2)7-9-16/h6-9,14,17H,4-5,10-13H2,1-3H3/t14-,17-/m0/s1. The molecule has 0 spiro atoms. The Hall–Kier alpha value is -2.29. The molecule has 1 fully saturated rings. The molecule has 0 bridgehead atoms. The smallest absolute Gasteiger partial charge is 0.246 e. The fourth-order valence-corrected chi connectivity index (χ4v) is 5.23. The van der Waals surface area contributed by atoms with E-state index >= 15 is 0 Å². The third-order valence-electron chi connectivity index (χ3n) is 5.31. The minimum absolute atomic E-state index is 0.0306. The first kappa shape index (κ1) is 20.4. The van der Waals surface area contributed by atoms with Crippen molar-refractivity contribution < 1.29 is 13.2 Å². The second-order valence-electron chi connectivity index (χ2n) is 7.31. The average Bonchev–Trinajstić information content (AvgIpc) is 3.28. The summed E-state index contributed by atoms with van der Waals surface area (Å²) in [6, 6.07) is 7.60. The van der Waals surface area contributed by atoms with Gasteiger partial charge in [0.25, 0.3) is 0 Å². The van der Waals surface area contributed by atoms with Gasteiger partial charge < -0.3 is 4.90 Å². The van der Waals surface area contributed by atoms with Crippen molar-refractivity contribution in [2.45, 2.75) is 58.7 Å². The van der Waals surface area contributed by atoms with Gasteiger partial charge in [-0.25, -0.2) is 8.42 Å². The molecule has 2 atom stereocenters. The van der Waals surface area contributed by atoms with E-state index in [-0.39, 0.29) is 36.0 Å². The van der Waals surface area contributed by atoms with Gasteiger partial charge in [0.1, 0.15) is 6.54 Å². The van der Waals surface area contributed by atoms with Crippen LogP contribution >= 0.6 is 0 Å². The normalized spacial score (nSPS) is 19.5. The summed E-state index contributed by atoms with van der Waals surface area (Å²) < 4.78 is 23.7. The third-order valence-corrected chi connectivity index (χ3v) is 7.06. The second kappa shape index (κ2) is 8.38. The molecule has 152 valence electrons. The average molecular weight is 406 g/mol. The van der Waals surface area contributed by atoms with E-state index in [9.17, 15) is 13.2 Å². The number of nitrogens with zero attached hydrogens (tertiary/aromatic N) is 5. The molecule has 0 N–H and O–H groups in total. The highest BCUT2D eigenvalue weighted by molar-refractivity contribution is 7.91. The molecule has 1 aromatic heterocycles. The lowest BCUT2D eigenvalue weighted by Gasteiger charge is -2.33. The number of aromatic nitrogens is 4. The van der Waals surface area contributed by atoms with Gasteiger partial charge in [-0.2, -0.15) is 4.80 Å². The highest BCUT2D eigenvalue weighted by atomic mass is 32.2. The monoisotopic (exact) mass is 405 g/mol. The predicted molar refractivity (Wildman–Crippen MR) is 106 cm³/mol. The van der Waals surface area contributed by atoms with Crippen LogP contribution in [0.15, 0.2) is 24.3 Å². The fourth-order valence-electron chi connectivity index (χ4n) is 3.52. The number of tetrazole rings is 1. The van der Waals surface area contributed by atoms with E-state index in [1.54, 1.807) is 4.90 Å². The van der Waals surface area contributed by atoms with E-state index in [1.807, 2.05) is 38.1 Å². The van der Waals surface area contributed by atoms with Crippen LogP contribution in [-0.4, -0.2) is 63.0 Å². The van der Waals surface area contributed by atoms with Crippen LogP contribution in [0.5, 0.6) is 0 Å². The molecule has 9 heteroatoms. The molecule has 1 amide bonds. The molecule has 0 unspecified atom stereocenters. The maximum Gasteiger partial charge on any atom is 0.246 e. The third kappa shape index (κ3) is 4.57. The molecule has 3 rings (SSSR count). The number of aryl methyl sites for hydroxylation is 1. The second-order valence-corrected chi connectivity index (χ2v) is 9.54. The van der Waals surface area contributed by atoms with E-state index < -0.39 is 9.84 Å². The minimum atomic E-state index is -3.07. The number of carbonyl (C=O) groups is 1. The van der Waals surface area contributed by atoms with E-state index in [0.717, 1.165) is 18.4 Å². The zero-order chi connectivity index (χ0) is 20.3. The Morgan fingerprint density at radius 2 is 2.00 bits per heavy atom. The van der Waals surface area contributed by atoms with Gasteiger partial charge in [0.05, 0.1) is 11.5 Å². The zero-order valence-electron chi connectivity index (χ0n) is 16.6. The molecule has 1 aromatic carbocycles. The van der Waals surface area contributed by atoms with Gasteiger partial charge in [0, 0.05) is 17.6 Å². The highest BCUT2D eigenvalue weighted by Crippen LogP contribution is 2.22. The molecule has 0 aliphatic carbocycles. The zero-order valence-corrected chi connectivity index (χ0v) is 17.4. The minimum Gasteiger partial charge on any atom is -0.334 e. The van der Waals surface area contributed by atoms with Crippen molar-refractivity contribution in [3.63, 3.8) is 0 Å². The van der Waals surface area contributed by atoms with Gasteiger partial charge >= 0.3 is 0 Å². The number of carbonyl (C=O) groups excluding carboxylic acids is 1. The summed E-state index contributed by atoms with van der Waals surface area (Å²) in [4.78, 5) is 15.9. The topological polar surface area (TPSA) is 98.0 Å². The number of benzene rings is 1. The molecule has 28 heavy (non-hydrogen) atoms. The molecule has 0 saturated carbocycles. The van der Waals surface area contributed by atoms with Crippen LogP contribution in [-0.2, 0) is 27.6 Å². The largest absolute Gasteiger partial charge is 0.334 e. The van der Waals surface area contributed by atoms with Crippen molar-refractivity contribution in [3.05, 3.63) is 29.8 Å². The molecule has 2 aromatic rings. The Morgan fingerprint density at radius 1 is 1.29 bits per heavy atom. The summed E-state index contributed by atoms with van der Waals surface area (Å²) in [6.07, 6.45) is 2.19. The van der Waals surface area contributed by atoms with Crippen LogP contribution < -0.4 is 0 Å². The first-order valence-electron chi connectivity index (χ1n) is 9.71. The Balaban J connectivity index is 1.74. The Morgan fingerprint density at radius 3 is 2.57 bits per heavy atom. The summed E-state index contributed by atoms with van der Waals surface area (Å²) in [7, 11) is -3.07. The van der Waals surface area contributed by atoms with Gasteiger partial charge in [0.15, 0.2) is 9.84 Å². The lowest BCUT2D eigenvalue weighted by atomic mass is 10.1. The number of hydrogen-bond acceptors (Lipinski definition) is 6. The van der Waals surface area contributed by atoms with Gasteiger partial charge in [-0.15, -0.1) is 10.2 Å². The van der Waals surface area contributed by atoms with Crippen LogP contribution in [0.2, 0.25) is 0 Å². The van der Waals surface area contributed by atoms with E-state index in [0.29, 0.717) is 12.2 Å². The first-order valence-corrected chi connectivity index (χ1v) is 11.5. The summed E-state index contributed by atoms with van der Waals surface area (Å²) in [5.74, 6) is 0.455. The van der Waals surface area contributed by atoms with E-state index in [1.165, 1.54) is 10.4 Å². The van der Waals surface area contributed by atoms with Crippen LogP contribution in [0, 0.1) is 0 Å². The molecular weight excluding hydrogens is 378 g/mol. The van der Waals surface area contributed by atoms with Crippen LogP contribution in [0.3, 0.4) is 0 Å². The van der Waals surface area contributed by atoms with Crippen molar-refractivity contribution in [1.82, 2.24) is 25.1 Å². The van der Waals surface area contributed by atoms with Crippen molar-refractivity contribution in [1.29, 1.82) is 0 Å². The number of amides is 1. The first-order chi connectivity index (χ1) is 13.3. The van der Waals surface area contributed by atoms with Gasteiger partial charge in [-0.1, -0.05) is 38.1 Å². The van der Waals surface area contributed by atoms with Gasteiger partial charge in [-0.3, -0.25) is 4.79 Å². The quantitative estimate of drug-likeness (QED) is 0.696. The van der Waals surface area contributed by atoms with Crippen LogP contribution in [0.1, 0.15) is 39.2 Å². The van der Waals surface area contributed by atoms with Gasteiger partial charge in [0.2, 0.25) is 11.7 Å². The molecule has 1 saturated heterocycles. The van der Waals surface area contributed by atoms with Crippen molar-refractivity contribution in [2.24, 2.45) is 0 Å². The predicted octanol–water partition coefficient (Wildman–Crippen LogP) is 1.72. The molecule has 0 radical (unpaired) electrons.